The first kappa shape index (κ1) is 13.4. The fourth-order valence-corrected chi connectivity index (χ4v) is 2.62. The third-order valence-electron chi connectivity index (χ3n) is 2.53. The monoisotopic (exact) mass is 280 g/mol. The second-order valence-electron chi connectivity index (χ2n) is 3.89. The van der Waals surface area contributed by atoms with E-state index in [-0.39, 0.29) is 10.6 Å². The molecular formula is C13H13FN2O2S. The summed E-state index contributed by atoms with van der Waals surface area (Å²) in [5, 5.41) is 2.90. The van der Waals surface area contributed by atoms with Gasteiger partial charge < -0.3 is 5.32 Å². The maximum atomic E-state index is 13.0. The predicted molar refractivity (Wildman–Crippen MR) is 73.2 cm³/mol. The van der Waals surface area contributed by atoms with Gasteiger partial charge in [0, 0.05) is 12.7 Å². The van der Waals surface area contributed by atoms with Crippen LogP contribution in [0.5, 0.6) is 0 Å². The summed E-state index contributed by atoms with van der Waals surface area (Å²) >= 11 is 0. The van der Waals surface area contributed by atoms with Crippen molar-refractivity contribution in [1.82, 2.24) is 0 Å². The van der Waals surface area contributed by atoms with Crippen LogP contribution in [0.1, 0.15) is 0 Å². The summed E-state index contributed by atoms with van der Waals surface area (Å²) in [6, 6.07) is 11.6. The van der Waals surface area contributed by atoms with Gasteiger partial charge >= 0.3 is 0 Å². The molecule has 0 saturated carbocycles. The first-order chi connectivity index (χ1) is 9.01. The number of nitrogens with one attached hydrogen (secondary N) is 2. The molecule has 0 saturated heterocycles. The number of sulfonamides is 1. The van der Waals surface area contributed by atoms with Gasteiger partial charge in [0.1, 0.15) is 5.82 Å². The van der Waals surface area contributed by atoms with E-state index in [2.05, 4.69) is 10.0 Å². The van der Waals surface area contributed by atoms with Crippen LogP contribution in [-0.2, 0) is 10.0 Å². The summed E-state index contributed by atoms with van der Waals surface area (Å²) in [5.74, 6) is -0.495. The van der Waals surface area contributed by atoms with Crippen molar-refractivity contribution in [1.29, 1.82) is 0 Å². The minimum Gasteiger partial charge on any atom is -0.388 e. The lowest BCUT2D eigenvalue weighted by Crippen LogP contribution is -2.13. The Bertz CT molecular complexity index is 669. The van der Waals surface area contributed by atoms with Crippen molar-refractivity contribution in [2.24, 2.45) is 0 Å². The summed E-state index contributed by atoms with van der Waals surface area (Å²) in [6.45, 7) is 0. The Labute approximate surface area is 111 Å². The minimum atomic E-state index is -3.70. The van der Waals surface area contributed by atoms with Crippen LogP contribution in [0, 0.1) is 5.82 Å². The van der Waals surface area contributed by atoms with Crippen LogP contribution in [0.2, 0.25) is 0 Å². The van der Waals surface area contributed by atoms with Crippen molar-refractivity contribution in [2.45, 2.75) is 4.90 Å². The topological polar surface area (TPSA) is 58.2 Å². The molecule has 0 spiro atoms. The molecule has 0 radical (unpaired) electrons. The van der Waals surface area contributed by atoms with Crippen LogP contribution in [0.3, 0.4) is 0 Å². The molecule has 2 aromatic rings. The molecule has 0 fully saturated rings. The molecular weight excluding hydrogens is 267 g/mol. The molecule has 0 aliphatic carbocycles. The van der Waals surface area contributed by atoms with Crippen molar-refractivity contribution in [3.8, 4) is 0 Å². The van der Waals surface area contributed by atoms with E-state index in [1.54, 1.807) is 19.2 Å². The van der Waals surface area contributed by atoms with Crippen LogP contribution >= 0.6 is 0 Å². The molecule has 6 heteroatoms. The second-order valence-corrected chi connectivity index (χ2v) is 5.57. The Hall–Kier alpha value is -2.08. The zero-order valence-corrected chi connectivity index (χ0v) is 11.0. The van der Waals surface area contributed by atoms with E-state index in [0.29, 0.717) is 0 Å². The fraction of sp³-hybridized carbons (Fsp3) is 0.0769. The number of anilines is 2. The number of hydrogen-bond donors (Lipinski definition) is 2. The van der Waals surface area contributed by atoms with Crippen LogP contribution in [0.4, 0.5) is 15.8 Å². The summed E-state index contributed by atoms with van der Waals surface area (Å²) in [6.07, 6.45) is 0. The van der Waals surface area contributed by atoms with Crippen molar-refractivity contribution >= 4 is 21.4 Å². The molecule has 2 rings (SSSR count). The van der Waals surface area contributed by atoms with E-state index >= 15 is 0 Å². The average molecular weight is 280 g/mol. The van der Waals surface area contributed by atoms with Gasteiger partial charge in [0.05, 0.1) is 10.6 Å². The highest BCUT2D eigenvalue weighted by molar-refractivity contribution is 7.92. The molecule has 0 amide bonds. The van der Waals surface area contributed by atoms with E-state index in [0.717, 1.165) is 11.8 Å². The number of hydrogen-bond acceptors (Lipinski definition) is 3. The van der Waals surface area contributed by atoms with E-state index in [9.17, 15) is 12.8 Å². The second kappa shape index (κ2) is 5.27. The van der Waals surface area contributed by atoms with Crippen molar-refractivity contribution in [2.75, 3.05) is 17.1 Å². The lowest BCUT2D eigenvalue weighted by atomic mass is 10.3. The van der Waals surface area contributed by atoms with E-state index in [1.807, 2.05) is 0 Å². The number of rotatable bonds is 4. The number of benzene rings is 2. The maximum Gasteiger partial charge on any atom is 0.261 e. The van der Waals surface area contributed by atoms with Gasteiger partial charge in [0.2, 0.25) is 0 Å². The Morgan fingerprint density at radius 2 is 1.68 bits per heavy atom. The molecule has 2 N–H and O–H groups in total. The third kappa shape index (κ3) is 3.23. The summed E-state index contributed by atoms with van der Waals surface area (Å²) in [7, 11) is -1.95. The van der Waals surface area contributed by atoms with E-state index in [1.165, 1.54) is 30.3 Å². The largest absolute Gasteiger partial charge is 0.388 e. The van der Waals surface area contributed by atoms with Crippen molar-refractivity contribution in [3.63, 3.8) is 0 Å². The van der Waals surface area contributed by atoms with Gasteiger partial charge in [0.25, 0.3) is 10.0 Å². The van der Waals surface area contributed by atoms with Crippen LogP contribution < -0.4 is 10.0 Å². The molecule has 0 aliphatic rings. The molecule has 2 aromatic carbocycles. The van der Waals surface area contributed by atoms with E-state index in [4.69, 9.17) is 0 Å². The Morgan fingerprint density at radius 1 is 1.00 bits per heavy atom. The standard InChI is InChI=1S/C13H13FN2O2S/c1-15-11-5-7-13(8-6-11)19(17,18)16-12-4-2-3-10(14)9-12/h2-9,15-16H,1H3. The van der Waals surface area contributed by atoms with Gasteiger partial charge in [-0.1, -0.05) is 6.07 Å². The molecule has 0 bridgehead atoms. The van der Waals surface area contributed by atoms with Crippen LogP contribution in [0.15, 0.2) is 53.4 Å². The van der Waals surface area contributed by atoms with Gasteiger partial charge in [-0.3, -0.25) is 4.72 Å². The molecule has 0 heterocycles. The predicted octanol–water partition coefficient (Wildman–Crippen LogP) is 2.67. The van der Waals surface area contributed by atoms with Crippen molar-refractivity contribution < 1.29 is 12.8 Å². The van der Waals surface area contributed by atoms with Gasteiger partial charge in [-0.2, -0.15) is 0 Å². The van der Waals surface area contributed by atoms with Crippen molar-refractivity contribution in [3.05, 3.63) is 54.3 Å². The van der Waals surface area contributed by atoms with Gasteiger partial charge in [-0.15, -0.1) is 0 Å². The van der Waals surface area contributed by atoms with Gasteiger partial charge in [-0.25, -0.2) is 12.8 Å². The minimum absolute atomic E-state index is 0.121. The molecule has 4 nitrogen and oxygen atoms in total. The maximum absolute atomic E-state index is 13.0. The molecule has 100 valence electrons. The van der Waals surface area contributed by atoms with E-state index < -0.39 is 15.8 Å². The Morgan fingerprint density at radius 3 is 2.26 bits per heavy atom. The quantitative estimate of drug-likeness (QED) is 0.905. The normalized spacial score (nSPS) is 11.1. The van der Waals surface area contributed by atoms with Crippen LogP contribution in [-0.4, -0.2) is 15.5 Å². The third-order valence-corrected chi connectivity index (χ3v) is 3.93. The lowest BCUT2D eigenvalue weighted by Gasteiger charge is -2.08. The first-order valence-electron chi connectivity index (χ1n) is 5.57. The lowest BCUT2D eigenvalue weighted by molar-refractivity contribution is 0.601. The average Bonchev–Trinajstić information content (AvgIpc) is 2.38. The zero-order chi connectivity index (χ0) is 13.9. The highest BCUT2D eigenvalue weighted by atomic mass is 32.2. The SMILES string of the molecule is CNc1ccc(S(=O)(=O)Nc2cccc(F)c2)cc1. The smallest absolute Gasteiger partial charge is 0.261 e. The first-order valence-corrected chi connectivity index (χ1v) is 7.06. The summed E-state index contributed by atoms with van der Waals surface area (Å²) < 4.78 is 39.4. The molecule has 0 atom stereocenters. The highest BCUT2D eigenvalue weighted by Gasteiger charge is 2.14. The van der Waals surface area contributed by atoms with Crippen LogP contribution in [0.25, 0.3) is 0 Å². The highest BCUT2D eigenvalue weighted by Crippen LogP contribution is 2.18. The molecule has 19 heavy (non-hydrogen) atoms. The van der Waals surface area contributed by atoms with Gasteiger partial charge in [-0.05, 0) is 42.5 Å². The zero-order valence-electron chi connectivity index (χ0n) is 10.2. The number of halogens is 1. The summed E-state index contributed by atoms with van der Waals surface area (Å²) in [4.78, 5) is 0.121. The molecule has 0 unspecified atom stereocenters. The Balaban J connectivity index is 2.27. The summed E-state index contributed by atoms with van der Waals surface area (Å²) in [5.41, 5.74) is 1.00. The van der Waals surface area contributed by atoms with Gasteiger partial charge in [0.15, 0.2) is 0 Å². The fourth-order valence-electron chi connectivity index (χ4n) is 1.57. The Kier molecular flexibility index (Phi) is 3.71. The molecule has 0 aliphatic heterocycles. The molecule has 0 aromatic heterocycles.